The number of nitrogens with zero attached hydrogens (tertiary/aromatic N) is 1. The van der Waals surface area contributed by atoms with Crippen molar-refractivity contribution in [3.63, 3.8) is 0 Å². The van der Waals surface area contributed by atoms with Crippen LogP contribution in [-0.4, -0.2) is 42.6 Å². The van der Waals surface area contributed by atoms with Crippen molar-refractivity contribution in [1.82, 2.24) is 10.2 Å². The molecule has 1 fully saturated rings. The van der Waals surface area contributed by atoms with Gasteiger partial charge in [0.15, 0.2) is 6.10 Å². The van der Waals surface area contributed by atoms with Gasteiger partial charge in [-0.25, -0.2) is 0 Å². The second-order valence-corrected chi connectivity index (χ2v) is 5.26. The topological polar surface area (TPSA) is 41.6 Å². The zero-order chi connectivity index (χ0) is 13.2. The fourth-order valence-corrected chi connectivity index (χ4v) is 2.71. The highest BCUT2D eigenvalue weighted by Crippen LogP contribution is 2.29. The molecule has 1 N–H and O–H groups in total. The van der Waals surface area contributed by atoms with Gasteiger partial charge >= 0.3 is 0 Å². The zero-order valence-corrected chi connectivity index (χ0v) is 11.3. The quantitative estimate of drug-likeness (QED) is 0.884. The van der Waals surface area contributed by atoms with Crippen LogP contribution in [0.1, 0.15) is 18.9 Å². The van der Waals surface area contributed by atoms with Gasteiger partial charge in [-0.2, -0.15) is 0 Å². The Hall–Kier alpha value is -1.55. The standard InChI is InChI=1S/C15H20N2O2/c1-2-7-17(12-9-16-10-12)15(18)14-8-11-5-3-4-6-13(11)19-14/h3-6,12,14,16H,2,7-10H2,1H3. The molecule has 1 atom stereocenters. The predicted molar refractivity (Wildman–Crippen MR) is 73.2 cm³/mol. The first-order valence-electron chi connectivity index (χ1n) is 7.05. The summed E-state index contributed by atoms with van der Waals surface area (Å²) in [6, 6.07) is 8.27. The molecule has 0 saturated carbocycles. The maximum absolute atomic E-state index is 12.6. The molecule has 2 aliphatic heterocycles. The Labute approximate surface area is 113 Å². The van der Waals surface area contributed by atoms with E-state index in [1.54, 1.807) is 0 Å². The molecule has 102 valence electrons. The maximum Gasteiger partial charge on any atom is 0.264 e. The smallest absolute Gasteiger partial charge is 0.264 e. The number of fused-ring (bicyclic) bond motifs is 1. The van der Waals surface area contributed by atoms with Gasteiger partial charge in [0.25, 0.3) is 5.91 Å². The van der Waals surface area contributed by atoms with Crippen LogP contribution in [0.3, 0.4) is 0 Å². The minimum atomic E-state index is -0.329. The molecule has 0 aromatic heterocycles. The van der Waals surface area contributed by atoms with E-state index in [-0.39, 0.29) is 12.0 Å². The number of ether oxygens (including phenoxy) is 1. The molecule has 1 aromatic rings. The van der Waals surface area contributed by atoms with E-state index < -0.39 is 0 Å². The van der Waals surface area contributed by atoms with Crippen LogP contribution in [0, 0.1) is 0 Å². The van der Waals surface area contributed by atoms with Crippen LogP contribution in [0.4, 0.5) is 0 Å². The molecule has 19 heavy (non-hydrogen) atoms. The number of hydrogen-bond donors (Lipinski definition) is 1. The highest BCUT2D eigenvalue weighted by atomic mass is 16.5. The summed E-state index contributed by atoms with van der Waals surface area (Å²) in [6.07, 6.45) is 1.36. The Balaban J connectivity index is 1.70. The van der Waals surface area contributed by atoms with Crippen LogP contribution in [-0.2, 0) is 11.2 Å². The molecule has 4 heteroatoms. The highest BCUT2D eigenvalue weighted by molar-refractivity contribution is 5.83. The Kier molecular flexibility index (Phi) is 3.42. The van der Waals surface area contributed by atoms with E-state index in [9.17, 15) is 4.79 Å². The summed E-state index contributed by atoms with van der Waals surface area (Å²) in [5, 5.41) is 3.23. The monoisotopic (exact) mass is 260 g/mol. The molecular weight excluding hydrogens is 240 g/mol. The first-order chi connectivity index (χ1) is 9.29. The van der Waals surface area contributed by atoms with Crippen molar-refractivity contribution in [3.05, 3.63) is 29.8 Å². The van der Waals surface area contributed by atoms with Crippen LogP contribution in [0.5, 0.6) is 5.75 Å². The minimum Gasteiger partial charge on any atom is -0.480 e. The third kappa shape index (κ3) is 2.32. The second-order valence-electron chi connectivity index (χ2n) is 5.26. The van der Waals surface area contributed by atoms with Crippen molar-refractivity contribution in [2.75, 3.05) is 19.6 Å². The highest BCUT2D eigenvalue weighted by Gasteiger charge is 2.36. The van der Waals surface area contributed by atoms with E-state index in [1.807, 2.05) is 29.2 Å². The van der Waals surface area contributed by atoms with E-state index in [0.717, 1.165) is 37.4 Å². The summed E-state index contributed by atoms with van der Waals surface area (Å²) in [6.45, 7) is 4.74. The summed E-state index contributed by atoms with van der Waals surface area (Å²) in [5.41, 5.74) is 1.14. The third-order valence-corrected chi connectivity index (χ3v) is 3.87. The van der Waals surface area contributed by atoms with Crippen molar-refractivity contribution in [2.45, 2.75) is 31.9 Å². The van der Waals surface area contributed by atoms with Gasteiger partial charge in [-0.1, -0.05) is 25.1 Å². The van der Waals surface area contributed by atoms with Crippen LogP contribution in [0.2, 0.25) is 0 Å². The molecule has 4 nitrogen and oxygen atoms in total. The first kappa shape index (κ1) is 12.5. The molecule has 0 aliphatic carbocycles. The van der Waals surface area contributed by atoms with E-state index in [4.69, 9.17) is 4.74 Å². The van der Waals surface area contributed by atoms with Crippen LogP contribution < -0.4 is 10.1 Å². The Bertz CT molecular complexity index is 446. The average molecular weight is 260 g/mol. The first-order valence-corrected chi connectivity index (χ1v) is 7.05. The molecule has 1 saturated heterocycles. The number of carbonyl (C=O) groups is 1. The number of para-hydroxylation sites is 1. The van der Waals surface area contributed by atoms with Gasteiger partial charge in [-0.05, 0) is 18.1 Å². The maximum atomic E-state index is 12.6. The molecular formula is C15H20N2O2. The van der Waals surface area contributed by atoms with Crippen molar-refractivity contribution in [3.8, 4) is 5.75 Å². The van der Waals surface area contributed by atoms with E-state index in [1.165, 1.54) is 0 Å². The summed E-state index contributed by atoms with van der Waals surface area (Å²) in [7, 11) is 0. The number of amides is 1. The minimum absolute atomic E-state index is 0.143. The lowest BCUT2D eigenvalue weighted by Gasteiger charge is -2.39. The largest absolute Gasteiger partial charge is 0.480 e. The number of rotatable bonds is 4. The lowest BCUT2D eigenvalue weighted by molar-refractivity contribution is -0.141. The number of nitrogens with one attached hydrogen (secondary N) is 1. The number of benzene rings is 1. The van der Waals surface area contributed by atoms with E-state index in [0.29, 0.717) is 12.5 Å². The Morgan fingerprint density at radius 3 is 2.84 bits per heavy atom. The van der Waals surface area contributed by atoms with Crippen molar-refractivity contribution >= 4 is 5.91 Å². The molecule has 0 radical (unpaired) electrons. The summed E-state index contributed by atoms with van der Waals surface area (Å²) in [4.78, 5) is 14.6. The van der Waals surface area contributed by atoms with E-state index >= 15 is 0 Å². The average Bonchev–Trinajstić information content (AvgIpc) is 2.79. The fraction of sp³-hybridized carbons (Fsp3) is 0.533. The van der Waals surface area contributed by atoms with Crippen LogP contribution >= 0.6 is 0 Å². The molecule has 1 aromatic carbocycles. The molecule has 2 heterocycles. The third-order valence-electron chi connectivity index (χ3n) is 3.87. The number of carbonyl (C=O) groups excluding carboxylic acids is 1. The van der Waals surface area contributed by atoms with Gasteiger partial charge in [-0.15, -0.1) is 0 Å². The molecule has 1 unspecified atom stereocenters. The SMILES string of the molecule is CCCN(C(=O)C1Cc2ccccc2O1)C1CNC1. The zero-order valence-electron chi connectivity index (χ0n) is 11.3. The fourth-order valence-electron chi connectivity index (χ4n) is 2.71. The van der Waals surface area contributed by atoms with Gasteiger partial charge < -0.3 is 15.0 Å². The summed E-state index contributed by atoms with van der Waals surface area (Å²) >= 11 is 0. The van der Waals surface area contributed by atoms with Crippen LogP contribution in [0.25, 0.3) is 0 Å². The van der Waals surface area contributed by atoms with Gasteiger partial charge in [0.1, 0.15) is 5.75 Å². The van der Waals surface area contributed by atoms with Crippen LogP contribution in [0.15, 0.2) is 24.3 Å². The van der Waals surface area contributed by atoms with Gasteiger partial charge in [0.2, 0.25) is 0 Å². The summed E-state index contributed by atoms with van der Waals surface area (Å²) in [5.74, 6) is 1.01. The van der Waals surface area contributed by atoms with E-state index in [2.05, 4.69) is 12.2 Å². The molecule has 0 spiro atoms. The Morgan fingerprint density at radius 2 is 2.21 bits per heavy atom. The van der Waals surface area contributed by atoms with Gasteiger partial charge in [0.05, 0.1) is 6.04 Å². The summed E-state index contributed by atoms with van der Waals surface area (Å²) < 4.78 is 5.80. The van der Waals surface area contributed by atoms with Crippen molar-refractivity contribution in [1.29, 1.82) is 0 Å². The normalized spacial score (nSPS) is 21.4. The predicted octanol–water partition coefficient (Wildman–Crippen LogP) is 1.20. The lowest BCUT2D eigenvalue weighted by atomic mass is 10.1. The number of hydrogen-bond acceptors (Lipinski definition) is 3. The van der Waals surface area contributed by atoms with Gasteiger partial charge in [-0.3, -0.25) is 4.79 Å². The van der Waals surface area contributed by atoms with Crippen molar-refractivity contribution in [2.24, 2.45) is 0 Å². The van der Waals surface area contributed by atoms with Gasteiger partial charge in [0, 0.05) is 26.1 Å². The molecule has 3 rings (SSSR count). The Morgan fingerprint density at radius 1 is 1.42 bits per heavy atom. The molecule has 0 bridgehead atoms. The second kappa shape index (κ2) is 5.21. The molecule has 2 aliphatic rings. The van der Waals surface area contributed by atoms with Crippen molar-refractivity contribution < 1.29 is 9.53 Å². The lowest BCUT2D eigenvalue weighted by Crippen LogP contribution is -2.61. The molecule has 1 amide bonds.